The number of halogens is 3. The molecule has 0 aliphatic carbocycles. The number of hydrogen-bond acceptors (Lipinski definition) is 5. The van der Waals surface area contributed by atoms with E-state index in [1.165, 1.54) is 31.4 Å². The molecule has 136 valence electrons. The predicted molar refractivity (Wildman–Crippen MR) is 83.8 cm³/mol. The van der Waals surface area contributed by atoms with Crippen molar-refractivity contribution in [2.45, 2.75) is 12.7 Å². The molecule has 26 heavy (non-hydrogen) atoms. The third kappa shape index (κ3) is 3.39. The number of benzene rings is 1. The zero-order valence-corrected chi connectivity index (χ0v) is 13.4. The number of ether oxygens (including phenoxy) is 1. The van der Waals surface area contributed by atoms with Gasteiger partial charge in [-0.25, -0.2) is 0 Å². The van der Waals surface area contributed by atoms with E-state index in [1.807, 2.05) is 0 Å². The Hall–Kier alpha value is -3.30. The number of methoxy groups -OCH3 is 1. The Balaban J connectivity index is 1.80. The second-order valence-electron chi connectivity index (χ2n) is 5.33. The fourth-order valence-corrected chi connectivity index (χ4v) is 2.31. The molecule has 0 fully saturated rings. The van der Waals surface area contributed by atoms with Crippen LogP contribution in [-0.4, -0.2) is 32.7 Å². The number of amides is 1. The molecule has 1 aromatic carbocycles. The number of carbonyl (C=O) groups excluding carboxylic acids is 1. The van der Waals surface area contributed by atoms with Crippen molar-refractivity contribution in [3.8, 4) is 11.5 Å². The SMILES string of the molecule is COc1ccc(C(=O)NCc2nnc3ccc(C(F)(F)F)cn23)c(O)c1. The molecule has 0 atom stereocenters. The fourth-order valence-electron chi connectivity index (χ4n) is 2.31. The van der Waals surface area contributed by atoms with Gasteiger partial charge in [0.1, 0.15) is 11.5 Å². The summed E-state index contributed by atoms with van der Waals surface area (Å²) in [6.07, 6.45) is -3.64. The number of aromatic hydroxyl groups is 1. The van der Waals surface area contributed by atoms with E-state index >= 15 is 0 Å². The Morgan fingerprint density at radius 3 is 2.69 bits per heavy atom. The Kier molecular flexibility index (Phi) is 4.41. The lowest BCUT2D eigenvalue weighted by Gasteiger charge is -2.09. The molecule has 2 N–H and O–H groups in total. The summed E-state index contributed by atoms with van der Waals surface area (Å²) in [5.41, 5.74) is -0.643. The van der Waals surface area contributed by atoms with Gasteiger partial charge in [0.15, 0.2) is 11.5 Å². The molecular weight excluding hydrogens is 353 g/mol. The van der Waals surface area contributed by atoms with Gasteiger partial charge >= 0.3 is 6.18 Å². The van der Waals surface area contributed by atoms with Gasteiger partial charge in [-0.1, -0.05) is 0 Å². The first-order valence-corrected chi connectivity index (χ1v) is 7.35. The third-order valence-electron chi connectivity index (χ3n) is 3.66. The van der Waals surface area contributed by atoms with E-state index in [2.05, 4.69) is 15.5 Å². The van der Waals surface area contributed by atoms with E-state index in [0.717, 1.165) is 16.7 Å². The van der Waals surface area contributed by atoms with Crippen LogP contribution in [0.5, 0.6) is 11.5 Å². The normalized spacial score (nSPS) is 11.5. The molecule has 3 rings (SSSR count). The molecule has 3 aromatic rings. The molecule has 0 aliphatic rings. The van der Waals surface area contributed by atoms with Crippen LogP contribution in [0.25, 0.3) is 5.65 Å². The monoisotopic (exact) mass is 366 g/mol. The van der Waals surface area contributed by atoms with E-state index in [0.29, 0.717) is 5.75 Å². The molecular formula is C16H13F3N4O3. The molecule has 2 aromatic heterocycles. The Bertz CT molecular complexity index is 969. The Morgan fingerprint density at radius 1 is 1.27 bits per heavy atom. The van der Waals surface area contributed by atoms with Gasteiger partial charge in [-0.05, 0) is 24.3 Å². The van der Waals surface area contributed by atoms with Crippen LogP contribution in [0.3, 0.4) is 0 Å². The molecule has 0 saturated heterocycles. The van der Waals surface area contributed by atoms with Crippen molar-refractivity contribution in [1.29, 1.82) is 0 Å². The smallest absolute Gasteiger partial charge is 0.417 e. The van der Waals surface area contributed by atoms with Crippen molar-refractivity contribution in [2.75, 3.05) is 7.11 Å². The molecule has 0 radical (unpaired) electrons. The van der Waals surface area contributed by atoms with Crippen LogP contribution >= 0.6 is 0 Å². The van der Waals surface area contributed by atoms with E-state index in [-0.39, 0.29) is 29.3 Å². The summed E-state index contributed by atoms with van der Waals surface area (Å²) < 4.78 is 44.6. The summed E-state index contributed by atoms with van der Waals surface area (Å²) in [5.74, 6) is -0.407. The number of alkyl halides is 3. The molecule has 0 spiro atoms. The van der Waals surface area contributed by atoms with Crippen molar-refractivity contribution in [3.63, 3.8) is 0 Å². The van der Waals surface area contributed by atoms with Crippen LogP contribution in [0.2, 0.25) is 0 Å². The van der Waals surface area contributed by atoms with E-state index in [4.69, 9.17) is 4.74 Å². The first kappa shape index (κ1) is 17.5. The Morgan fingerprint density at radius 2 is 2.04 bits per heavy atom. The minimum Gasteiger partial charge on any atom is -0.507 e. The minimum atomic E-state index is -4.51. The summed E-state index contributed by atoms with van der Waals surface area (Å²) in [5, 5.41) is 19.9. The van der Waals surface area contributed by atoms with Crippen LogP contribution in [0, 0.1) is 0 Å². The highest BCUT2D eigenvalue weighted by atomic mass is 19.4. The molecule has 0 unspecified atom stereocenters. The summed E-state index contributed by atoms with van der Waals surface area (Å²) >= 11 is 0. The van der Waals surface area contributed by atoms with Crippen LogP contribution in [0.4, 0.5) is 13.2 Å². The highest BCUT2D eigenvalue weighted by Gasteiger charge is 2.31. The van der Waals surface area contributed by atoms with Crippen LogP contribution < -0.4 is 10.1 Å². The van der Waals surface area contributed by atoms with Crippen LogP contribution in [0.1, 0.15) is 21.7 Å². The number of phenols is 1. The molecule has 0 bridgehead atoms. The number of fused-ring (bicyclic) bond motifs is 1. The zero-order valence-electron chi connectivity index (χ0n) is 13.4. The minimum absolute atomic E-state index is 0.00407. The van der Waals surface area contributed by atoms with Crippen molar-refractivity contribution in [1.82, 2.24) is 19.9 Å². The van der Waals surface area contributed by atoms with Gasteiger partial charge in [-0.15, -0.1) is 10.2 Å². The molecule has 7 nitrogen and oxygen atoms in total. The quantitative estimate of drug-likeness (QED) is 0.740. The second kappa shape index (κ2) is 6.54. The van der Waals surface area contributed by atoms with Gasteiger partial charge in [-0.3, -0.25) is 9.20 Å². The van der Waals surface area contributed by atoms with Gasteiger partial charge < -0.3 is 15.2 Å². The van der Waals surface area contributed by atoms with Gasteiger partial charge in [0.25, 0.3) is 5.91 Å². The topological polar surface area (TPSA) is 88.8 Å². The molecule has 1 amide bonds. The summed E-state index contributed by atoms with van der Waals surface area (Å²) in [4.78, 5) is 12.2. The molecule has 2 heterocycles. The number of rotatable bonds is 4. The van der Waals surface area contributed by atoms with Crippen molar-refractivity contribution < 1.29 is 27.8 Å². The first-order valence-electron chi connectivity index (χ1n) is 7.35. The van der Waals surface area contributed by atoms with Crippen molar-refractivity contribution >= 4 is 11.6 Å². The maximum atomic E-state index is 12.8. The largest absolute Gasteiger partial charge is 0.507 e. The highest BCUT2D eigenvalue weighted by molar-refractivity contribution is 5.96. The van der Waals surface area contributed by atoms with Crippen LogP contribution in [0.15, 0.2) is 36.5 Å². The van der Waals surface area contributed by atoms with Gasteiger partial charge in [0.05, 0.1) is 24.8 Å². The molecule has 0 saturated carbocycles. The van der Waals surface area contributed by atoms with E-state index in [9.17, 15) is 23.1 Å². The maximum Gasteiger partial charge on any atom is 0.417 e. The standard InChI is InChI=1S/C16H13F3N4O3/c1-26-10-3-4-11(12(24)6-10)15(25)20-7-14-22-21-13-5-2-9(8-23(13)14)16(17,18)19/h2-6,8,24H,7H2,1H3,(H,20,25). The van der Waals surface area contributed by atoms with E-state index in [1.54, 1.807) is 0 Å². The lowest BCUT2D eigenvalue weighted by molar-refractivity contribution is -0.137. The number of nitrogens with zero attached hydrogens (tertiary/aromatic N) is 3. The fraction of sp³-hybridized carbons (Fsp3) is 0.188. The second-order valence-corrected chi connectivity index (χ2v) is 5.33. The Labute approximate surface area is 145 Å². The lowest BCUT2D eigenvalue weighted by atomic mass is 10.2. The predicted octanol–water partition coefficient (Wildman–Crippen LogP) is 2.39. The van der Waals surface area contributed by atoms with E-state index < -0.39 is 17.6 Å². The third-order valence-corrected chi connectivity index (χ3v) is 3.66. The summed E-state index contributed by atoms with van der Waals surface area (Å²) in [7, 11) is 1.42. The maximum absolute atomic E-state index is 12.8. The molecule has 10 heteroatoms. The first-order chi connectivity index (χ1) is 12.3. The number of phenolic OH excluding ortho intramolecular Hbond substituents is 1. The average molecular weight is 366 g/mol. The van der Waals surface area contributed by atoms with Gasteiger partial charge in [0.2, 0.25) is 0 Å². The van der Waals surface area contributed by atoms with Crippen LogP contribution in [-0.2, 0) is 12.7 Å². The summed E-state index contributed by atoms with van der Waals surface area (Å²) in [6, 6.07) is 6.24. The lowest BCUT2D eigenvalue weighted by Crippen LogP contribution is -2.24. The average Bonchev–Trinajstić information content (AvgIpc) is 3.01. The zero-order chi connectivity index (χ0) is 18.9. The number of hydrogen-bond donors (Lipinski definition) is 2. The van der Waals surface area contributed by atoms with Gasteiger partial charge in [-0.2, -0.15) is 13.2 Å². The summed E-state index contributed by atoms with van der Waals surface area (Å²) in [6.45, 7) is -0.174. The van der Waals surface area contributed by atoms with Crippen molar-refractivity contribution in [2.24, 2.45) is 0 Å². The number of aromatic nitrogens is 3. The van der Waals surface area contributed by atoms with Gasteiger partial charge in [0, 0.05) is 12.3 Å². The molecule has 0 aliphatic heterocycles. The highest BCUT2D eigenvalue weighted by Crippen LogP contribution is 2.29. The number of pyridine rings is 1. The van der Waals surface area contributed by atoms with Crippen molar-refractivity contribution in [3.05, 3.63) is 53.5 Å². The number of carbonyl (C=O) groups is 1. The number of nitrogens with one attached hydrogen (secondary N) is 1.